The number of carbonyl (C=O) groups is 1. The second-order valence-electron chi connectivity index (χ2n) is 4.19. The van der Waals surface area contributed by atoms with E-state index in [9.17, 15) is 9.59 Å². The van der Waals surface area contributed by atoms with Gasteiger partial charge < -0.3 is 5.11 Å². The van der Waals surface area contributed by atoms with Crippen LogP contribution in [-0.2, 0) is 19.3 Å². The van der Waals surface area contributed by atoms with Crippen LogP contribution in [0.15, 0.2) is 16.1 Å². The molecule has 0 saturated heterocycles. The Hall–Kier alpha value is -2.03. The Morgan fingerprint density at radius 1 is 1.55 bits per heavy atom. The van der Waals surface area contributed by atoms with Crippen LogP contribution in [0.5, 0.6) is 0 Å². The minimum Gasteiger partial charge on any atom is -0.478 e. The Kier molecular flexibility index (Phi) is 4.28. The lowest BCUT2D eigenvalue weighted by molar-refractivity contribution is 0.0696. The maximum atomic E-state index is 11.6. The van der Waals surface area contributed by atoms with Gasteiger partial charge in [0.15, 0.2) is 5.16 Å². The average Bonchev–Trinajstić information content (AvgIpc) is 2.93. The smallest absolute Gasteiger partial charge is 0.343 e. The van der Waals surface area contributed by atoms with Gasteiger partial charge in [-0.1, -0.05) is 18.7 Å². The first-order chi connectivity index (χ1) is 9.54. The fraction of sp³-hybridized carbons (Fsp3) is 0.455. The molecular weight excluding hydrogens is 282 g/mol. The zero-order chi connectivity index (χ0) is 14.7. The summed E-state index contributed by atoms with van der Waals surface area (Å²) in [4.78, 5) is 22.6. The van der Waals surface area contributed by atoms with Crippen LogP contribution in [0.1, 0.15) is 29.4 Å². The van der Waals surface area contributed by atoms with E-state index in [0.29, 0.717) is 23.1 Å². The third kappa shape index (κ3) is 2.77. The largest absolute Gasteiger partial charge is 0.478 e. The first-order valence-corrected chi connectivity index (χ1v) is 7.05. The predicted molar refractivity (Wildman–Crippen MR) is 72.9 cm³/mol. The maximum absolute atomic E-state index is 11.6. The van der Waals surface area contributed by atoms with E-state index in [4.69, 9.17) is 5.11 Å². The molecule has 0 bridgehead atoms. The molecule has 0 atom stereocenters. The highest BCUT2D eigenvalue weighted by Gasteiger charge is 2.16. The number of aromatic carboxylic acids is 1. The highest BCUT2D eigenvalue weighted by Crippen LogP contribution is 2.21. The van der Waals surface area contributed by atoms with Crippen molar-refractivity contribution in [1.29, 1.82) is 0 Å². The molecule has 0 radical (unpaired) electrons. The van der Waals surface area contributed by atoms with Crippen LogP contribution in [-0.4, -0.2) is 35.6 Å². The van der Waals surface area contributed by atoms with Gasteiger partial charge in [-0.25, -0.2) is 14.7 Å². The van der Waals surface area contributed by atoms with Gasteiger partial charge in [-0.05, 0) is 6.42 Å². The molecule has 0 aliphatic rings. The fourth-order valence-corrected chi connectivity index (χ4v) is 2.83. The van der Waals surface area contributed by atoms with Crippen LogP contribution in [0.2, 0.25) is 0 Å². The summed E-state index contributed by atoms with van der Waals surface area (Å²) in [5.41, 5.74) is 0.499. The summed E-state index contributed by atoms with van der Waals surface area (Å²) in [6, 6.07) is 0. The van der Waals surface area contributed by atoms with Gasteiger partial charge in [0, 0.05) is 19.3 Å². The van der Waals surface area contributed by atoms with Crippen molar-refractivity contribution in [3.63, 3.8) is 0 Å². The van der Waals surface area contributed by atoms with E-state index in [2.05, 4.69) is 15.3 Å². The van der Waals surface area contributed by atoms with E-state index in [1.54, 1.807) is 11.6 Å². The summed E-state index contributed by atoms with van der Waals surface area (Å²) in [5.74, 6) is -0.631. The van der Waals surface area contributed by atoms with Crippen LogP contribution in [0.4, 0.5) is 0 Å². The molecule has 0 fully saturated rings. The van der Waals surface area contributed by atoms with Gasteiger partial charge in [-0.3, -0.25) is 9.25 Å². The molecule has 0 saturated carbocycles. The number of carboxylic acids is 1. The Labute approximate surface area is 118 Å². The van der Waals surface area contributed by atoms with Crippen LogP contribution in [0, 0.1) is 0 Å². The second kappa shape index (κ2) is 5.95. The van der Waals surface area contributed by atoms with Gasteiger partial charge in [0.25, 0.3) is 0 Å². The van der Waals surface area contributed by atoms with Crippen molar-refractivity contribution in [2.75, 3.05) is 0 Å². The van der Waals surface area contributed by atoms with Crippen LogP contribution in [0.3, 0.4) is 0 Å². The fourth-order valence-electron chi connectivity index (χ4n) is 1.78. The molecule has 0 unspecified atom stereocenters. The number of aromatic nitrogens is 5. The monoisotopic (exact) mass is 297 g/mol. The van der Waals surface area contributed by atoms with E-state index in [-0.39, 0.29) is 11.3 Å². The minimum absolute atomic E-state index is 0.167. The molecule has 0 aliphatic carbocycles. The molecule has 2 N–H and O–H groups in total. The van der Waals surface area contributed by atoms with Crippen LogP contribution >= 0.6 is 11.8 Å². The Morgan fingerprint density at radius 3 is 2.95 bits per heavy atom. The van der Waals surface area contributed by atoms with Crippen LogP contribution in [0.25, 0.3) is 0 Å². The maximum Gasteiger partial charge on any atom is 0.343 e. The third-order valence-electron chi connectivity index (χ3n) is 2.80. The summed E-state index contributed by atoms with van der Waals surface area (Å²) in [6.07, 6.45) is 2.14. The lowest BCUT2D eigenvalue weighted by Crippen LogP contribution is -2.17. The van der Waals surface area contributed by atoms with Gasteiger partial charge in [0.05, 0.1) is 11.9 Å². The summed E-state index contributed by atoms with van der Waals surface area (Å²) in [7, 11) is 1.69. The zero-order valence-electron chi connectivity index (χ0n) is 11.2. The number of carboxylic acid groups (broad SMARTS) is 1. The van der Waals surface area contributed by atoms with Crippen molar-refractivity contribution in [2.45, 2.75) is 30.8 Å². The minimum atomic E-state index is -1.01. The van der Waals surface area contributed by atoms with Crippen molar-refractivity contribution in [3.05, 3.63) is 27.9 Å². The molecule has 0 aliphatic heterocycles. The summed E-state index contributed by atoms with van der Waals surface area (Å²) in [5, 5.41) is 19.9. The first kappa shape index (κ1) is 14.4. The van der Waals surface area contributed by atoms with Crippen molar-refractivity contribution in [2.24, 2.45) is 7.05 Å². The number of aromatic amines is 1. The normalized spacial score (nSPS) is 10.9. The number of aryl methyl sites for hydroxylation is 1. The Balaban J connectivity index is 2.19. The van der Waals surface area contributed by atoms with E-state index >= 15 is 0 Å². The van der Waals surface area contributed by atoms with Gasteiger partial charge in [-0.2, -0.15) is 5.10 Å². The van der Waals surface area contributed by atoms with Gasteiger partial charge in [0.2, 0.25) is 0 Å². The first-order valence-electron chi connectivity index (χ1n) is 6.06. The Bertz CT molecular complexity index is 672. The molecule has 2 heterocycles. The molecule has 8 nitrogen and oxygen atoms in total. The topological polar surface area (TPSA) is 106 Å². The highest BCUT2D eigenvalue weighted by molar-refractivity contribution is 7.98. The molecule has 2 aromatic rings. The summed E-state index contributed by atoms with van der Waals surface area (Å²) >= 11 is 1.31. The summed E-state index contributed by atoms with van der Waals surface area (Å²) < 4.78 is 3.06. The Morgan fingerprint density at radius 2 is 2.30 bits per heavy atom. The van der Waals surface area contributed by atoms with Crippen molar-refractivity contribution < 1.29 is 9.90 Å². The van der Waals surface area contributed by atoms with E-state index < -0.39 is 5.97 Å². The summed E-state index contributed by atoms with van der Waals surface area (Å²) in [6.45, 7) is 2.55. The van der Waals surface area contributed by atoms with Gasteiger partial charge in [-0.15, -0.1) is 5.10 Å². The molecule has 0 spiro atoms. The van der Waals surface area contributed by atoms with Gasteiger partial charge >= 0.3 is 11.7 Å². The molecule has 0 amide bonds. The number of hydrogen-bond donors (Lipinski definition) is 2. The molecule has 20 heavy (non-hydrogen) atoms. The van der Waals surface area contributed by atoms with Crippen LogP contribution < -0.4 is 5.69 Å². The quantitative estimate of drug-likeness (QED) is 0.760. The van der Waals surface area contributed by atoms with E-state index in [0.717, 1.165) is 6.42 Å². The zero-order valence-corrected chi connectivity index (χ0v) is 12.0. The lowest BCUT2D eigenvalue weighted by atomic mass is 10.3. The van der Waals surface area contributed by atoms with Crippen molar-refractivity contribution in [1.82, 2.24) is 24.5 Å². The lowest BCUT2D eigenvalue weighted by Gasteiger charge is -2.05. The number of nitrogens with zero attached hydrogens (tertiary/aromatic N) is 4. The molecular formula is C11H15N5O3S. The average molecular weight is 297 g/mol. The predicted octanol–water partition coefficient (Wildman–Crippen LogP) is 0.705. The molecule has 108 valence electrons. The van der Waals surface area contributed by atoms with Gasteiger partial charge in [0.1, 0.15) is 5.56 Å². The standard InChI is InChI=1S/C11H15N5O3S/c1-3-4-16-10(19)13-14-11(16)20-6-8-7(9(17)18)5-12-15(8)2/h5H,3-4,6H2,1-2H3,(H,13,19)(H,17,18). The SMILES string of the molecule is CCCn1c(SCc2c(C(=O)O)cnn2C)n[nH]c1=O. The number of hydrogen-bond acceptors (Lipinski definition) is 5. The van der Waals surface area contributed by atoms with E-state index in [1.807, 2.05) is 6.92 Å². The molecule has 2 aromatic heterocycles. The molecule has 0 aromatic carbocycles. The highest BCUT2D eigenvalue weighted by atomic mass is 32.2. The van der Waals surface area contributed by atoms with Crippen molar-refractivity contribution in [3.8, 4) is 0 Å². The third-order valence-corrected chi connectivity index (χ3v) is 3.79. The number of thioether (sulfide) groups is 1. The molecule has 2 rings (SSSR count). The van der Waals surface area contributed by atoms with E-state index in [1.165, 1.54) is 22.6 Å². The number of nitrogens with one attached hydrogen (secondary N) is 1. The number of H-pyrrole nitrogens is 1. The molecule has 9 heteroatoms. The second-order valence-corrected chi connectivity index (χ2v) is 5.13. The van der Waals surface area contributed by atoms with Crippen molar-refractivity contribution >= 4 is 17.7 Å². The number of rotatable bonds is 6.